The largest absolute Gasteiger partial charge is 0.573 e. The van der Waals surface area contributed by atoms with Gasteiger partial charge in [-0.3, -0.25) is 0 Å². The first kappa shape index (κ1) is 29.5. The number of hydrogen-bond donors (Lipinski definition) is 2. The van der Waals surface area contributed by atoms with E-state index in [1.54, 1.807) is 18.3 Å². The van der Waals surface area contributed by atoms with Crippen LogP contribution in [0.3, 0.4) is 0 Å². The van der Waals surface area contributed by atoms with Crippen molar-refractivity contribution >= 4 is 52.5 Å². The summed E-state index contributed by atoms with van der Waals surface area (Å²) in [6.45, 7) is 0.590. The maximum Gasteiger partial charge on any atom is 0.573 e. The third-order valence-corrected chi connectivity index (χ3v) is 5.73. The Kier molecular flexibility index (Phi) is 12.0. The molecule has 186 valence electrons. The summed E-state index contributed by atoms with van der Waals surface area (Å²) in [5.74, 6) is 1.33. The van der Waals surface area contributed by atoms with Crippen molar-refractivity contribution in [3.8, 4) is 5.75 Å². The molecule has 6 nitrogen and oxygen atoms in total. The molecule has 1 saturated carbocycles. The van der Waals surface area contributed by atoms with Crippen molar-refractivity contribution < 1.29 is 17.9 Å². The highest BCUT2D eigenvalue weighted by Crippen LogP contribution is 2.30. The highest BCUT2D eigenvalue weighted by Gasteiger charge is 2.32. The molecule has 1 aliphatic carbocycles. The van der Waals surface area contributed by atoms with Crippen LogP contribution in [0.2, 0.25) is 0 Å². The Morgan fingerprint density at radius 1 is 1.09 bits per heavy atom. The topological polar surface area (TPSA) is 62.3 Å². The zero-order valence-corrected chi connectivity index (χ0v) is 21.6. The number of ether oxygens (including phenoxy) is 1. The van der Waals surface area contributed by atoms with Crippen molar-refractivity contribution in [2.75, 3.05) is 30.9 Å². The van der Waals surface area contributed by atoms with Gasteiger partial charge in [0.2, 0.25) is 5.95 Å². The lowest BCUT2D eigenvalue weighted by molar-refractivity contribution is -0.274. The second-order valence-electron chi connectivity index (χ2n) is 7.83. The molecule has 3 rings (SSSR count). The fourth-order valence-electron chi connectivity index (χ4n) is 3.66. The first-order valence-electron chi connectivity index (χ1n) is 10.2. The van der Waals surface area contributed by atoms with Crippen LogP contribution in [0.15, 0.2) is 34.9 Å². The van der Waals surface area contributed by atoms with Crippen LogP contribution in [0, 0.1) is 0 Å². The number of hydrogen-bond acceptors (Lipinski definition) is 6. The van der Waals surface area contributed by atoms with Crippen LogP contribution in [0.25, 0.3) is 0 Å². The van der Waals surface area contributed by atoms with Gasteiger partial charge in [0.15, 0.2) is 0 Å². The van der Waals surface area contributed by atoms with Gasteiger partial charge in [0.25, 0.3) is 0 Å². The second kappa shape index (κ2) is 13.4. The molecule has 12 heteroatoms. The molecule has 1 fully saturated rings. The fraction of sp³-hybridized carbons (Fsp3) is 0.524. The average Bonchev–Trinajstić information content (AvgIpc) is 2.70. The van der Waals surface area contributed by atoms with E-state index < -0.39 is 6.36 Å². The van der Waals surface area contributed by atoms with E-state index in [0.29, 0.717) is 41.0 Å². The molecule has 1 aromatic carbocycles. The Morgan fingerprint density at radius 3 is 2.39 bits per heavy atom. The lowest BCUT2D eigenvalue weighted by atomic mass is 9.91. The summed E-state index contributed by atoms with van der Waals surface area (Å²) in [5, 5.41) is 6.88. The molecule has 0 aliphatic heterocycles. The molecule has 2 aromatic rings. The molecule has 1 heterocycles. The van der Waals surface area contributed by atoms with Gasteiger partial charge in [-0.1, -0.05) is 22.0 Å². The number of aromatic nitrogens is 2. The zero-order valence-electron chi connectivity index (χ0n) is 18.4. The number of benzene rings is 1. The Morgan fingerprint density at radius 2 is 1.76 bits per heavy atom. The van der Waals surface area contributed by atoms with Crippen LogP contribution in [0.5, 0.6) is 5.75 Å². The van der Waals surface area contributed by atoms with Crippen LogP contribution < -0.4 is 20.3 Å². The molecule has 33 heavy (non-hydrogen) atoms. The third-order valence-electron chi connectivity index (χ3n) is 5.24. The third kappa shape index (κ3) is 9.72. The van der Waals surface area contributed by atoms with E-state index in [9.17, 15) is 13.2 Å². The van der Waals surface area contributed by atoms with Gasteiger partial charge in [-0.15, -0.1) is 38.0 Å². The minimum Gasteiger partial charge on any atom is -0.405 e. The molecule has 2 N–H and O–H groups in total. The van der Waals surface area contributed by atoms with E-state index in [1.165, 1.54) is 6.07 Å². The van der Waals surface area contributed by atoms with E-state index in [4.69, 9.17) is 0 Å². The summed E-state index contributed by atoms with van der Waals surface area (Å²) in [4.78, 5) is 10.7. The first-order valence-corrected chi connectivity index (χ1v) is 11.0. The summed E-state index contributed by atoms with van der Waals surface area (Å²) in [6, 6.07) is 7.26. The standard InChI is InChI=1S/C21H27BrF3N5O.2ClH/c1-30(2)19-10-12-27-20(29-19)28-17-7-5-16(6-8-17)26-11-9-14-3-4-15(22)13-18(14)31-21(23,24)25;;/h3-4,10,12-13,16-17,26H,5-9,11H2,1-2H3,(H,27,28,29);2*1H. The minimum atomic E-state index is -4.70. The smallest absolute Gasteiger partial charge is 0.405 e. The van der Waals surface area contributed by atoms with E-state index in [0.717, 1.165) is 31.5 Å². The fourth-order valence-corrected chi connectivity index (χ4v) is 4.00. The summed E-state index contributed by atoms with van der Waals surface area (Å²) in [6.07, 6.45) is 1.43. The number of alkyl halides is 3. The molecule has 0 bridgehead atoms. The maximum absolute atomic E-state index is 12.7. The van der Waals surface area contributed by atoms with Crippen molar-refractivity contribution in [2.24, 2.45) is 0 Å². The average molecular weight is 575 g/mol. The van der Waals surface area contributed by atoms with Crippen LogP contribution >= 0.6 is 40.7 Å². The number of anilines is 2. The highest BCUT2D eigenvalue weighted by molar-refractivity contribution is 9.10. The first-order chi connectivity index (χ1) is 14.7. The van der Waals surface area contributed by atoms with Gasteiger partial charge in [-0.05, 0) is 62.4 Å². The van der Waals surface area contributed by atoms with Gasteiger partial charge < -0.3 is 20.3 Å². The van der Waals surface area contributed by atoms with E-state index in [1.807, 2.05) is 25.1 Å². The Hall–Kier alpha value is -1.49. The minimum absolute atomic E-state index is 0. The molecule has 0 amide bonds. The molecular formula is C21H29BrCl2F3N5O. The molecule has 0 atom stereocenters. The number of halogens is 6. The van der Waals surface area contributed by atoms with Crippen LogP contribution in [-0.4, -0.2) is 49.1 Å². The lowest BCUT2D eigenvalue weighted by Gasteiger charge is -2.30. The van der Waals surface area contributed by atoms with Crippen molar-refractivity contribution in [3.63, 3.8) is 0 Å². The number of nitrogens with zero attached hydrogens (tertiary/aromatic N) is 3. The number of nitrogens with one attached hydrogen (secondary N) is 2. The monoisotopic (exact) mass is 573 g/mol. The zero-order chi connectivity index (χ0) is 22.4. The van der Waals surface area contributed by atoms with Crippen LogP contribution in [-0.2, 0) is 6.42 Å². The van der Waals surface area contributed by atoms with Crippen LogP contribution in [0.1, 0.15) is 31.2 Å². The van der Waals surface area contributed by atoms with Crippen LogP contribution in [0.4, 0.5) is 24.9 Å². The van der Waals surface area contributed by atoms with Gasteiger partial charge in [-0.25, -0.2) is 4.98 Å². The van der Waals surface area contributed by atoms with Crippen molar-refractivity contribution in [1.82, 2.24) is 15.3 Å². The molecule has 0 unspecified atom stereocenters. The van der Waals surface area contributed by atoms with Gasteiger partial charge in [0.1, 0.15) is 11.6 Å². The van der Waals surface area contributed by atoms with Gasteiger partial charge in [-0.2, -0.15) is 4.98 Å². The van der Waals surface area contributed by atoms with E-state index >= 15 is 0 Å². The normalized spacial score (nSPS) is 18.0. The molecule has 0 saturated heterocycles. The molecule has 0 radical (unpaired) electrons. The maximum atomic E-state index is 12.7. The van der Waals surface area contributed by atoms with Crippen molar-refractivity contribution in [2.45, 2.75) is 50.6 Å². The Bertz CT molecular complexity index is 868. The Balaban J connectivity index is 0.00000272. The summed E-state index contributed by atoms with van der Waals surface area (Å²) >= 11 is 3.19. The molecular weight excluding hydrogens is 546 g/mol. The molecule has 1 aliphatic rings. The van der Waals surface area contributed by atoms with Gasteiger partial charge in [0.05, 0.1) is 0 Å². The van der Waals surface area contributed by atoms with Gasteiger partial charge >= 0.3 is 6.36 Å². The second-order valence-corrected chi connectivity index (χ2v) is 8.75. The summed E-state index contributed by atoms with van der Waals surface area (Å²) in [5.41, 5.74) is 0.529. The van der Waals surface area contributed by atoms with Gasteiger partial charge in [0, 0.05) is 36.8 Å². The van der Waals surface area contributed by atoms with Crippen molar-refractivity contribution in [3.05, 3.63) is 40.5 Å². The summed E-state index contributed by atoms with van der Waals surface area (Å²) < 4.78 is 42.7. The number of rotatable bonds is 8. The van der Waals surface area contributed by atoms with E-state index in [2.05, 4.69) is 41.3 Å². The van der Waals surface area contributed by atoms with Crippen molar-refractivity contribution in [1.29, 1.82) is 0 Å². The molecule has 0 spiro atoms. The predicted molar refractivity (Wildman–Crippen MR) is 133 cm³/mol. The Labute approximate surface area is 213 Å². The highest BCUT2D eigenvalue weighted by atomic mass is 79.9. The lowest BCUT2D eigenvalue weighted by Crippen LogP contribution is -2.38. The SMILES string of the molecule is CN(C)c1ccnc(NC2CCC(NCCc3ccc(Br)cc3OC(F)(F)F)CC2)n1.Cl.Cl. The molecule has 1 aromatic heterocycles. The predicted octanol–water partition coefficient (Wildman–Crippen LogP) is 5.60. The summed E-state index contributed by atoms with van der Waals surface area (Å²) in [7, 11) is 3.88. The van der Waals surface area contributed by atoms with E-state index in [-0.39, 0.29) is 30.6 Å². The quantitative estimate of drug-likeness (QED) is 0.428.